The smallest absolute Gasteiger partial charge is 0.0790 e. The molecule has 152 valence electrons. The fraction of sp³-hybridized carbons (Fsp3) is 0.500. The van der Waals surface area contributed by atoms with Crippen LogP contribution in [-0.2, 0) is 0 Å². The van der Waals surface area contributed by atoms with E-state index in [1.807, 2.05) is 23.9 Å². The fourth-order valence-corrected chi connectivity index (χ4v) is 4.67. The molecule has 28 heavy (non-hydrogen) atoms. The highest BCUT2D eigenvalue weighted by atomic mass is 32.2. The van der Waals surface area contributed by atoms with Crippen molar-refractivity contribution in [3.05, 3.63) is 59.7 Å². The van der Waals surface area contributed by atoms with Crippen LogP contribution in [0, 0.1) is 6.92 Å². The second-order valence-corrected chi connectivity index (χ2v) is 8.85. The molecule has 3 nitrogen and oxygen atoms in total. The number of aliphatic hydroxyl groups excluding tert-OH is 1. The minimum atomic E-state index is -0.343. The summed E-state index contributed by atoms with van der Waals surface area (Å²) in [5.41, 5.74) is 3.68. The van der Waals surface area contributed by atoms with Gasteiger partial charge in [-0.15, -0.1) is 11.8 Å². The predicted molar refractivity (Wildman–Crippen MR) is 121 cm³/mol. The van der Waals surface area contributed by atoms with Crippen LogP contribution >= 0.6 is 11.8 Å². The van der Waals surface area contributed by atoms with Gasteiger partial charge in [0.25, 0.3) is 0 Å². The molecule has 1 heterocycles. The topological polar surface area (TPSA) is 26.7 Å². The van der Waals surface area contributed by atoms with Crippen LogP contribution in [0.5, 0.6) is 0 Å². The molecule has 1 fully saturated rings. The van der Waals surface area contributed by atoms with E-state index < -0.39 is 0 Å². The van der Waals surface area contributed by atoms with Crippen molar-refractivity contribution < 1.29 is 5.11 Å². The van der Waals surface area contributed by atoms with Gasteiger partial charge in [0.1, 0.15) is 0 Å². The van der Waals surface area contributed by atoms with Crippen LogP contribution in [0.2, 0.25) is 0 Å². The molecule has 1 aliphatic rings. The molecule has 0 aliphatic carbocycles. The van der Waals surface area contributed by atoms with Gasteiger partial charge in [0.2, 0.25) is 0 Å². The van der Waals surface area contributed by atoms with Crippen molar-refractivity contribution in [2.45, 2.75) is 44.1 Å². The van der Waals surface area contributed by atoms with E-state index in [2.05, 4.69) is 60.0 Å². The molecular formula is C24H34N2OS. The van der Waals surface area contributed by atoms with E-state index in [-0.39, 0.29) is 6.10 Å². The summed E-state index contributed by atoms with van der Waals surface area (Å²) < 4.78 is 0. The molecule has 3 rings (SSSR count). The first kappa shape index (κ1) is 21.2. The van der Waals surface area contributed by atoms with Crippen molar-refractivity contribution in [3.8, 4) is 0 Å². The fourth-order valence-electron chi connectivity index (χ4n) is 3.73. The Morgan fingerprint density at radius 1 is 1.00 bits per heavy atom. The van der Waals surface area contributed by atoms with Crippen molar-refractivity contribution >= 4 is 17.4 Å². The molecule has 4 heteroatoms. The second-order valence-electron chi connectivity index (χ2n) is 7.71. The van der Waals surface area contributed by atoms with Crippen molar-refractivity contribution in [2.24, 2.45) is 0 Å². The molecule has 1 unspecified atom stereocenters. The molecule has 1 aliphatic heterocycles. The van der Waals surface area contributed by atoms with Crippen molar-refractivity contribution in [1.29, 1.82) is 0 Å². The Balaban J connectivity index is 1.43. The maximum Gasteiger partial charge on any atom is 0.0790 e. The van der Waals surface area contributed by atoms with Crippen molar-refractivity contribution in [3.63, 3.8) is 0 Å². The summed E-state index contributed by atoms with van der Waals surface area (Å²) in [5, 5.41) is 10.4. The second kappa shape index (κ2) is 10.9. The summed E-state index contributed by atoms with van der Waals surface area (Å²) in [6, 6.07) is 17.1. The van der Waals surface area contributed by atoms with Crippen molar-refractivity contribution in [2.75, 3.05) is 43.4 Å². The van der Waals surface area contributed by atoms with E-state index >= 15 is 0 Å². The number of aliphatic hydroxyl groups is 1. The minimum absolute atomic E-state index is 0.343. The Hall–Kier alpha value is -1.49. The van der Waals surface area contributed by atoms with E-state index in [0.29, 0.717) is 0 Å². The average molecular weight is 399 g/mol. The van der Waals surface area contributed by atoms with E-state index in [4.69, 9.17) is 0 Å². The molecule has 0 radical (unpaired) electrons. The lowest BCUT2D eigenvalue weighted by Gasteiger charge is -2.37. The third kappa shape index (κ3) is 6.00. The number of aryl methyl sites for hydroxylation is 1. The van der Waals surface area contributed by atoms with E-state index in [0.717, 1.165) is 51.1 Å². The number of thioether (sulfide) groups is 1. The number of rotatable bonds is 9. The molecule has 0 spiro atoms. The molecule has 1 atom stereocenters. The first-order valence-corrected chi connectivity index (χ1v) is 11.6. The summed E-state index contributed by atoms with van der Waals surface area (Å²) in [4.78, 5) is 6.49. The summed E-state index contributed by atoms with van der Waals surface area (Å²) in [7, 11) is 0. The van der Waals surface area contributed by atoms with Crippen LogP contribution < -0.4 is 4.90 Å². The SMILES string of the molecule is CCCSc1ccccc1N1CCN(CCCC(O)c2ccc(C)cc2)CC1. The highest BCUT2D eigenvalue weighted by Crippen LogP contribution is 2.31. The Labute approximate surface area is 174 Å². The number of anilines is 1. The van der Waals surface area contributed by atoms with E-state index in [1.54, 1.807) is 0 Å². The van der Waals surface area contributed by atoms with Gasteiger partial charge in [-0.25, -0.2) is 0 Å². The van der Waals surface area contributed by atoms with Crippen LogP contribution in [0.3, 0.4) is 0 Å². The zero-order chi connectivity index (χ0) is 19.8. The molecule has 0 saturated carbocycles. The summed E-state index contributed by atoms with van der Waals surface area (Å²) in [6.45, 7) is 9.78. The quantitative estimate of drug-likeness (QED) is 0.592. The van der Waals surface area contributed by atoms with Gasteiger partial charge in [0.15, 0.2) is 0 Å². The zero-order valence-corrected chi connectivity index (χ0v) is 18.1. The summed E-state index contributed by atoms with van der Waals surface area (Å²) >= 11 is 1.97. The molecule has 1 N–H and O–H groups in total. The summed E-state index contributed by atoms with van der Waals surface area (Å²) in [6.07, 6.45) is 2.74. The lowest BCUT2D eigenvalue weighted by Crippen LogP contribution is -2.46. The molecular weight excluding hydrogens is 364 g/mol. The highest BCUT2D eigenvalue weighted by molar-refractivity contribution is 7.99. The van der Waals surface area contributed by atoms with Crippen molar-refractivity contribution in [1.82, 2.24) is 4.90 Å². The number of hydrogen-bond donors (Lipinski definition) is 1. The Morgan fingerprint density at radius 3 is 2.43 bits per heavy atom. The number of hydrogen-bond acceptors (Lipinski definition) is 4. The van der Waals surface area contributed by atoms with Crippen LogP contribution in [0.4, 0.5) is 5.69 Å². The zero-order valence-electron chi connectivity index (χ0n) is 17.3. The molecule has 0 aromatic heterocycles. The van der Waals surface area contributed by atoms with Gasteiger partial charge in [-0.2, -0.15) is 0 Å². The van der Waals surface area contributed by atoms with Crippen LogP contribution in [0.25, 0.3) is 0 Å². The Bertz CT molecular complexity index is 711. The van der Waals surface area contributed by atoms with Gasteiger partial charge >= 0.3 is 0 Å². The van der Waals surface area contributed by atoms with Gasteiger partial charge in [-0.3, -0.25) is 4.90 Å². The first-order valence-electron chi connectivity index (χ1n) is 10.6. The Kier molecular flexibility index (Phi) is 8.26. The maximum atomic E-state index is 10.4. The van der Waals surface area contributed by atoms with Crippen LogP contribution in [0.15, 0.2) is 53.4 Å². The van der Waals surface area contributed by atoms with Crippen LogP contribution in [-0.4, -0.2) is 48.5 Å². The lowest BCUT2D eigenvalue weighted by molar-refractivity contribution is 0.154. The standard InChI is InChI=1S/C24H34N2OS/c1-3-19-28-24-9-5-4-7-22(24)26-17-15-25(16-18-26)14-6-8-23(27)21-12-10-20(2)11-13-21/h4-5,7,9-13,23,27H,3,6,8,14-19H2,1-2H3. The molecule has 2 aromatic rings. The van der Waals surface area contributed by atoms with Gasteiger partial charge in [0.05, 0.1) is 11.8 Å². The molecule has 1 saturated heterocycles. The van der Waals surface area contributed by atoms with Gasteiger partial charge in [-0.05, 0) is 56.2 Å². The predicted octanol–water partition coefficient (Wildman–Crippen LogP) is 5.13. The largest absolute Gasteiger partial charge is 0.388 e. The third-order valence-electron chi connectivity index (χ3n) is 5.45. The minimum Gasteiger partial charge on any atom is -0.388 e. The van der Waals surface area contributed by atoms with E-state index in [1.165, 1.54) is 28.3 Å². The average Bonchev–Trinajstić information content (AvgIpc) is 2.73. The normalized spacial score (nSPS) is 16.3. The number of benzene rings is 2. The first-order chi connectivity index (χ1) is 13.7. The maximum absolute atomic E-state index is 10.4. The molecule has 2 aromatic carbocycles. The lowest BCUT2D eigenvalue weighted by atomic mass is 10.0. The molecule has 0 bridgehead atoms. The summed E-state index contributed by atoms with van der Waals surface area (Å²) in [5.74, 6) is 1.18. The number of piperazine rings is 1. The third-order valence-corrected chi connectivity index (χ3v) is 6.72. The molecule has 0 amide bonds. The monoisotopic (exact) mass is 398 g/mol. The number of para-hydroxylation sites is 1. The van der Waals surface area contributed by atoms with Gasteiger partial charge in [0, 0.05) is 31.1 Å². The highest BCUT2D eigenvalue weighted by Gasteiger charge is 2.19. The van der Waals surface area contributed by atoms with E-state index in [9.17, 15) is 5.11 Å². The van der Waals surface area contributed by atoms with Gasteiger partial charge in [-0.1, -0.05) is 48.9 Å². The Morgan fingerprint density at radius 2 is 1.71 bits per heavy atom. The number of nitrogens with zero attached hydrogens (tertiary/aromatic N) is 2. The van der Waals surface area contributed by atoms with Crippen LogP contribution in [0.1, 0.15) is 43.4 Å². The van der Waals surface area contributed by atoms with Gasteiger partial charge < -0.3 is 10.0 Å².